The van der Waals surface area contributed by atoms with E-state index in [1.54, 1.807) is 0 Å². The molecule has 0 bridgehead atoms. The number of benzene rings is 1. The standard InChI is InChI=1S/C12H15ClINO/c13-11-5-3-4-10(8-11)9-12(16)15-7-2-1-6-14/h3-5,8H,1-2,6-7,9H2,(H,15,16). The summed E-state index contributed by atoms with van der Waals surface area (Å²) in [6.07, 6.45) is 2.60. The van der Waals surface area contributed by atoms with Crippen LogP contribution in [0.15, 0.2) is 24.3 Å². The monoisotopic (exact) mass is 351 g/mol. The molecule has 0 radical (unpaired) electrons. The Morgan fingerprint density at radius 2 is 2.19 bits per heavy atom. The van der Waals surface area contributed by atoms with Crippen molar-refractivity contribution in [2.75, 3.05) is 11.0 Å². The molecule has 0 saturated carbocycles. The van der Waals surface area contributed by atoms with Gasteiger partial charge in [0.15, 0.2) is 0 Å². The van der Waals surface area contributed by atoms with Crippen molar-refractivity contribution >= 4 is 40.1 Å². The van der Waals surface area contributed by atoms with E-state index in [1.165, 1.54) is 0 Å². The molecule has 0 spiro atoms. The summed E-state index contributed by atoms with van der Waals surface area (Å²) in [6.45, 7) is 0.766. The molecule has 0 saturated heterocycles. The molecule has 88 valence electrons. The number of carbonyl (C=O) groups is 1. The average molecular weight is 352 g/mol. The van der Waals surface area contributed by atoms with Gasteiger partial charge >= 0.3 is 0 Å². The predicted molar refractivity (Wildman–Crippen MR) is 76.3 cm³/mol. The Labute approximate surface area is 115 Å². The van der Waals surface area contributed by atoms with Crippen LogP contribution in [-0.2, 0) is 11.2 Å². The summed E-state index contributed by atoms with van der Waals surface area (Å²) >= 11 is 8.18. The van der Waals surface area contributed by atoms with Gasteiger partial charge in [-0.15, -0.1) is 0 Å². The number of nitrogens with one attached hydrogen (secondary N) is 1. The normalized spacial score (nSPS) is 10.1. The molecule has 0 atom stereocenters. The third-order valence-corrected chi connectivity index (χ3v) is 3.13. The van der Waals surface area contributed by atoms with Gasteiger partial charge in [-0.05, 0) is 35.0 Å². The lowest BCUT2D eigenvalue weighted by atomic mass is 10.1. The zero-order chi connectivity index (χ0) is 11.8. The van der Waals surface area contributed by atoms with Crippen molar-refractivity contribution in [1.82, 2.24) is 5.32 Å². The zero-order valence-electron chi connectivity index (χ0n) is 9.01. The summed E-state index contributed by atoms with van der Waals surface area (Å²) in [4.78, 5) is 11.5. The molecule has 0 aliphatic rings. The van der Waals surface area contributed by atoms with Crippen molar-refractivity contribution in [2.24, 2.45) is 0 Å². The lowest BCUT2D eigenvalue weighted by Gasteiger charge is -2.04. The minimum atomic E-state index is 0.0655. The average Bonchev–Trinajstić information content (AvgIpc) is 2.24. The van der Waals surface area contributed by atoms with E-state index in [2.05, 4.69) is 27.9 Å². The molecule has 1 rings (SSSR count). The van der Waals surface area contributed by atoms with Crippen molar-refractivity contribution in [1.29, 1.82) is 0 Å². The van der Waals surface area contributed by atoms with E-state index in [4.69, 9.17) is 11.6 Å². The maximum atomic E-state index is 11.5. The van der Waals surface area contributed by atoms with E-state index >= 15 is 0 Å². The Balaban J connectivity index is 2.29. The number of rotatable bonds is 6. The molecule has 1 aromatic rings. The summed E-state index contributed by atoms with van der Waals surface area (Å²) in [7, 11) is 0. The molecule has 0 unspecified atom stereocenters. The van der Waals surface area contributed by atoms with Crippen LogP contribution in [0, 0.1) is 0 Å². The molecule has 0 heterocycles. The van der Waals surface area contributed by atoms with E-state index in [9.17, 15) is 4.79 Å². The molecule has 0 aromatic heterocycles. The molecule has 0 aliphatic carbocycles. The maximum absolute atomic E-state index is 11.5. The van der Waals surface area contributed by atoms with Crippen LogP contribution in [0.5, 0.6) is 0 Å². The van der Waals surface area contributed by atoms with Crippen LogP contribution >= 0.6 is 34.2 Å². The van der Waals surface area contributed by atoms with Gasteiger partial charge in [-0.3, -0.25) is 4.79 Å². The molecule has 4 heteroatoms. The number of alkyl halides is 1. The summed E-state index contributed by atoms with van der Waals surface area (Å²) < 4.78 is 1.14. The summed E-state index contributed by atoms with van der Waals surface area (Å²) in [5, 5.41) is 3.58. The van der Waals surface area contributed by atoms with E-state index in [0.29, 0.717) is 11.4 Å². The lowest BCUT2D eigenvalue weighted by Crippen LogP contribution is -2.26. The first-order valence-corrected chi connectivity index (χ1v) is 7.20. The molecule has 2 nitrogen and oxygen atoms in total. The Morgan fingerprint density at radius 3 is 2.88 bits per heavy atom. The van der Waals surface area contributed by atoms with Crippen LogP contribution in [0.2, 0.25) is 5.02 Å². The summed E-state index contributed by atoms with van der Waals surface area (Å²) in [6, 6.07) is 7.41. The highest BCUT2D eigenvalue weighted by Gasteiger charge is 2.02. The van der Waals surface area contributed by atoms with Crippen molar-refractivity contribution in [3.63, 3.8) is 0 Å². The van der Waals surface area contributed by atoms with Crippen LogP contribution < -0.4 is 5.32 Å². The smallest absolute Gasteiger partial charge is 0.224 e. The zero-order valence-corrected chi connectivity index (χ0v) is 11.9. The summed E-state index contributed by atoms with van der Waals surface area (Å²) in [5.41, 5.74) is 0.957. The molecule has 0 aliphatic heterocycles. The third-order valence-electron chi connectivity index (χ3n) is 2.14. The van der Waals surface area contributed by atoms with Crippen LogP contribution in [0.4, 0.5) is 0 Å². The van der Waals surface area contributed by atoms with Crippen molar-refractivity contribution in [2.45, 2.75) is 19.3 Å². The largest absolute Gasteiger partial charge is 0.356 e. The van der Waals surface area contributed by atoms with Crippen LogP contribution in [0.25, 0.3) is 0 Å². The van der Waals surface area contributed by atoms with Crippen molar-refractivity contribution in [3.8, 4) is 0 Å². The quantitative estimate of drug-likeness (QED) is 0.476. The van der Waals surface area contributed by atoms with E-state index in [1.807, 2.05) is 24.3 Å². The molecule has 1 aromatic carbocycles. The second-order valence-electron chi connectivity index (χ2n) is 3.55. The topological polar surface area (TPSA) is 29.1 Å². The second-order valence-corrected chi connectivity index (χ2v) is 5.07. The van der Waals surface area contributed by atoms with Gasteiger partial charge in [-0.1, -0.05) is 46.3 Å². The van der Waals surface area contributed by atoms with Gasteiger partial charge in [0.25, 0.3) is 0 Å². The molecular weight excluding hydrogens is 336 g/mol. The second kappa shape index (κ2) is 7.90. The molecular formula is C12H15ClINO. The number of halogens is 2. The Kier molecular flexibility index (Phi) is 6.80. The van der Waals surface area contributed by atoms with Crippen LogP contribution in [-0.4, -0.2) is 16.9 Å². The third kappa shape index (κ3) is 5.70. The SMILES string of the molecule is O=C(Cc1cccc(Cl)c1)NCCCCI. The first-order chi connectivity index (χ1) is 7.72. The van der Waals surface area contributed by atoms with Crippen LogP contribution in [0.1, 0.15) is 18.4 Å². The van der Waals surface area contributed by atoms with Gasteiger partial charge < -0.3 is 5.32 Å². The van der Waals surface area contributed by atoms with Crippen molar-refractivity contribution in [3.05, 3.63) is 34.9 Å². The number of carbonyl (C=O) groups excluding carboxylic acids is 1. The fraction of sp³-hybridized carbons (Fsp3) is 0.417. The van der Waals surface area contributed by atoms with Gasteiger partial charge in [-0.25, -0.2) is 0 Å². The van der Waals surface area contributed by atoms with Gasteiger partial charge in [0.2, 0.25) is 5.91 Å². The van der Waals surface area contributed by atoms with E-state index in [-0.39, 0.29) is 5.91 Å². The Bertz CT molecular complexity index is 344. The Morgan fingerprint density at radius 1 is 1.38 bits per heavy atom. The van der Waals surface area contributed by atoms with Gasteiger partial charge in [-0.2, -0.15) is 0 Å². The minimum Gasteiger partial charge on any atom is -0.356 e. The maximum Gasteiger partial charge on any atom is 0.224 e. The number of hydrogen-bond acceptors (Lipinski definition) is 1. The van der Waals surface area contributed by atoms with Gasteiger partial charge in [0, 0.05) is 11.6 Å². The highest BCUT2D eigenvalue weighted by molar-refractivity contribution is 14.1. The lowest BCUT2D eigenvalue weighted by molar-refractivity contribution is -0.120. The Hall–Kier alpha value is -0.290. The molecule has 0 fully saturated rings. The van der Waals surface area contributed by atoms with Gasteiger partial charge in [0.1, 0.15) is 0 Å². The van der Waals surface area contributed by atoms with Crippen molar-refractivity contribution < 1.29 is 4.79 Å². The minimum absolute atomic E-state index is 0.0655. The number of hydrogen-bond donors (Lipinski definition) is 1. The first kappa shape index (κ1) is 13.8. The first-order valence-electron chi connectivity index (χ1n) is 5.29. The van der Waals surface area contributed by atoms with Crippen LogP contribution in [0.3, 0.4) is 0 Å². The van der Waals surface area contributed by atoms with Gasteiger partial charge in [0.05, 0.1) is 6.42 Å². The number of amides is 1. The molecule has 1 N–H and O–H groups in total. The van der Waals surface area contributed by atoms with E-state index in [0.717, 1.165) is 29.4 Å². The van der Waals surface area contributed by atoms with E-state index < -0.39 is 0 Å². The molecule has 16 heavy (non-hydrogen) atoms. The molecule has 1 amide bonds. The fourth-order valence-corrected chi connectivity index (χ4v) is 2.09. The highest BCUT2D eigenvalue weighted by Crippen LogP contribution is 2.10. The highest BCUT2D eigenvalue weighted by atomic mass is 127. The summed E-state index contributed by atoms with van der Waals surface area (Å²) in [5.74, 6) is 0.0655. The fourth-order valence-electron chi connectivity index (χ4n) is 1.34. The number of unbranched alkanes of at least 4 members (excludes halogenated alkanes) is 1. The predicted octanol–water partition coefficient (Wildman–Crippen LogP) is 3.21.